The van der Waals surface area contributed by atoms with Crippen LogP contribution < -0.4 is 10.1 Å². The van der Waals surface area contributed by atoms with Crippen molar-refractivity contribution < 1.29 is 4.74 Å². The molecule has 2 unspecified atom stereocenters. The van der Waals surface area contributed by atoms with Gasteiger partial charge in [0.05, 0.1) is 7.11 Å². The largest absolute Gasteiger partial charge is 0.497 e. The van der Waals surface area contributed by atoms with Crippen LogP contribution in [0.25, 0.3) is 0 Å². The van der Waals surface area contributed by atoms with Crippen molar-refractivity contribution >= 4 is 0 Å². The van der Waals surface area contributed by atoms with Crippen molar-refractivity contribution in [3.63, 3.8) is 0 Å². The van der Waals surface area contributed by atoms with E-state index in [4.69, 9.17) is 4.74 Å². The maximum atomic E-state index is 5.29. The molecule has 2 atom stereocenters. The fourth-order valence-electron chi connectivity index (χ4n) is 2.18. The number of ether oxygens (including phenoxy) is 1. The van der Waals surface area contributed by atoms with Gasteiger partial charge in [-0.2, -0.15) is 0 Å². The number of nitrogens with zero attached hydrogens (tertiary/aromatic N) is 1. The van der Waals surface area contributed by atoms with Crippen LogP contribution in [0.15, 0.2) is 24.3 Å². The molecule has 108 valence electrons. The zero-order chi connectivity index (χ0) is 14.4. The molecule has 0 aliphatic heterocycles. The van der Waals surface area contributed by atoms with Crippen LogP contribution in [0.5, 0.6) is 5.75 Å². The van der Waals surface area contributed by atoms with Crippen LogP contribution in [-0.2, 0) is 0 Å². The van der Waals surface area contributed by atoms with Gasteiger partial charge in [0.15, 0.2) is 0 Å². The quantitative estimate of drug-likeness (QED) is 0.819. The third-order valence-electron chi connectivity index (χ3n) is 3.42. The average Bonchev–Trinajstić information content (AvgIpc) is 2.37. The number of rotatable bonds is 7. The molecule has 0 fully saturated rings. The Morgan fingerprint density at radius 3 is 2.42 bits per heavy atom. The second-order valence-corrected chi connectivity index (χ2v) is 5.78. The van der Waals surface area contributed by atoms with E-state index in [1.807, 2.05) is 12.1 Å². The van der Waals surface area contributed by atoms with E-state index in [1.165, 1.54) is 5.56 Å². The van der Waals surface area contributed by atoms with E-state index in [-0.39, 0.29) is 0 Å². The topological polar surface area (TPSA) is 24.5 Å². The summed E-state index contributed by atoms with van der Waals surface area (Å²) in [7, 11) is 5.95. The van der Waals surface area contributed by atoms with Crippen LogP contribution in [0.3, 0.4) is 0 Å². The highest BCUT2D eigenvalue weighted by Gasteiger charge is 2.17. The van der Waals surface area contributed by atoms with Gasteiger partial charge in [-0.15, -0.1) is 0 Å². The summed E-state index contributed by atoms with van der Waals surface area (Å²) < 4.78 is 5.29. The van der Waals surface area contributed by atoms with Crippen molar-refractivity contribution in [3.8, 4) is 5.75 Å². The summed E-state index contributed by atoms with van der Waals surface area (Å²) in [5.74, 6) is 1.52. The maximum Gasteiger partial charge on any atom is 0.119 e. The first kappa shape index (κ1) is 16.0. The third kappa shape index (κ3) is 5.21. The van der Waals surface area contributed by atoms with E-state index < -0.39 is 0 Å². The summed E-state index contributed by atoms with van der Waals surface area (Å²) in [6.07, 6.45) is 0. The van der Waals surface area contributed by atoms with Crippen LogP contribution in [0.2, 0.25) is 0 Å². The molecule has 0 saturated heterocycles. The van der Waals surface area contributed by atoms with Gasteiger partial charge in [-0.3, -0.25) is 0 Å². The minimum absolute atomic E-state index is 0.322. The molecule has 3 nitrogen and oxygen atoms in total. The van der Waals surface area contributed by atoms with E-state index in [0.717, 1.165) is 12.3 Å². The highest BCUT2D eigenvalue weighted by molar-refractivity contribution is 5.30. The second-order valence-electron chi connectivity index (χ2n) is 5.78. The molecule has 0 bridgehead atoms. The number of hydrogen-bond donors (Lipinski definition) is 1. The molecular formula is C16H28N2O. The monoisotopic (exact) mass is 264 g/mol. The predicted octanol–water partition coefficient (Wildman–Crippen LogP) is 2.93. The van der Waals surface area contributed by atoms with Crippen LogP contribution in [0.4, 0.5) is 0 Å². The van der Waals surface area contributed by atoms with Gasteiger partial charge in [-0.05, 0) is 44.6 Å². The van der Waals surface area contributed by atoms with Gasteiger partial charge in [0.25, 0.3) is 0 Å². The molecule has 1 aromatic rings. The van der Waals surface area contributed by atoms with Crippen LogP contribution in [0, 0.1) is 5.92 Å². The molecule has 0 spiro atoms. The molecule has 1 aromatic carbocycles. The first-order valence-electron chi connectivity index (χ1n) is 6.98. The molecule has 0 saturated carbocycles. The van der Waals surface area contributed by atoms with E-state index >= 15 is 0 Å². The molecule has 0 amide bonds. The summed E-state index contributed by atoms with van der Waals surface area (Å²) in [6.45, 7) is 7.78. The molecular weight excluding hydrogens is 236 g/mol. The van der Waals surface area contributed by atoms with Crippen molar-refractivity contribution in [1.29, 1.82) is 0 Å². The standard InChI is InChI=1S/C16H28N2O/c1-12(2)16(11-18(4)5)17-13(3)14-8-7-9-15(10-14)19-6/h7-10,12-13,16-17H,11H2,1-6H3. The minimum Gasteiger partial charge on any atom is -0.497 e. The minimum atomic E-state index is 0.322. The number of likely N-dealkylation sites (N-methyl/N-ethyl adjacent to an activating group) is 1. The molecule has 3 heteroatoms. The number of hydrogen-bond acceptors (Lipinski definition) is 3. The van der Waals surface area contributed by atoms with Gasteiger partial charge in [0, 0.05) is 18.6 Å². The Kier molecular flexibility index (Phi) is 6.32. The lowest BCUT2D eigenvalue weighted by Gasteiger charge is -2.29. The summed E-state index contributed by atoms with van der Waals surface area (Å²) >= 11 is 0. The van der Waals surface area contributed by atoms with Gasteiger partial charge in [-0.25, -0.2) is 0 Å². The Labute approximate surface area is 118 Å². The normalized spacial score (nSPS) is 14.7. The molecule has 0 heterocycles. The maximum absolute atomic E-state index is 5.29. The highest BCUT2D eigenvalue weighted by atomic mass is 16.5. The highest BCUT2D eigenvalue weighted by Crippen LogP contribution is 2.20. The lowest BCUT2D eigenvalue weighted by molar-refractivity contribution is 0.273. The lowest BCUT2D eigenvalue weighted by Crippen LogP contribution is -2.43. The van der Waals surface area contributed by atoms with Gasteiger partial charge in [0.1, 0.15) is 5.75 Å². The van der Waals surface area contributed by atoms with Crippen LogP contribution >= 0.6 is 0 Å². The van der Waals surface area contributed by atoms with Gasteiger partial charge < -0.3 is 15.0 Å². The Morgan fingerprint density at radius 1 is 1.21 bits per heavy atom. The molecule has 0 aromatic heterocycles. The van der Waals surface area contributed by atoms with Crippen molar-refractivity contribution in [3.05, 3.63) is 29.8 Å². The van der Waals surface area contributed by atoms with E-state index in [1.54, 1.807) is 7.11 Å². The Balaban J connectivity index is 2.72. The Bertz CT molecular complexity index is 377. The van der Waals surface area contributed by atoms with E-state index in [0.29, 0.717) is 18.0 Å². The van der Waals surface area contributed by atoms with Crippen molar-refractivity contribution in [1.82, 2.24) is 10.2 Å². The van der Waals surface area contributed by atoms with E-state index in [9.17, 15) is 0 Å². The fraction of sp³-hybridized carbons (Fsp3) is 0.625. The van der Waals surface area contributed by atoms with Gasteiger partial charge in [0.2, 0.25) is 0 Å². The fourth-order valence-corrected chi connectivity index (χ4v) is 2.18. The number of methoxy groups -OCH3 is 1. The Hall–Kier alpha value is -1.06. The summed E-state index contributed by atoms with van der Waals surface area (Å²) in [6, 6.07) is 9.08. The number of nitrogens with one attached hydrogen (secondary N) is 1. The Morgan fingerprint density at radius 2 is 1.89 bits per heavy atom. The number of benzene rings is 1. The van der Waals surface area contributed by atoms with Gasteiger partial charge >= 0.3 is 0 Å². The molecule has 0 aliphatic carbocycles. The van der Waals surface area contributed by atoms with Crippen molar-refractivity contribution in [2.24, 2.45) is 5.92 Å². The van der Waals surface area contributed by atoms with Crippen LogP contribution in [0.1, 0.15) is 32.4 Å². The van der Waals surface area contributed by atoms with Gasteiger partial charge in [-0.1, -0.05) is 26.0 Å². The van der Waals surface area contributed by atoms with Crippen molar-refractivity contribution in [2.45, 2.75) is 32.9 Å². The molecule has 0 radical (unpaired) electrons. The zero-order valence-corrected chi connectivity index (χ0v) is 13.1. The summed E-state index contributed by atoms with van der Waals surface area (Å²) in [5, 5.41) is 3.72. The van der Waals surface area contributed by atoms with Crippen molar-refractivity contribution in [2.75, 3.05) is 27.7 Å². The first-order chi connectivity index (χ1) is 8.93. The molecule has 1 N–H and O–H groups in total. The van der Waals surface area contributed by atoms with Crippen LogP contribution in [-0.4, -0.2) is 38.7 Å². The zero-order valence-electron chi connectivity index (χ0n) is 13.1. The smallest absolute Gasteiger partial charge is 0.119 e. The molecule has 1 rings (SSSR count). The lowest BCUT2D eigenvalue weighted by atomic mass is 10.0. The predicted molar refractivity (Wildman–Crippen MR) is 81.7 cm³/mol. The molecule has 19 heavy (non-hydrogen) atoms. The second kappa shape index (κ2) is 7.51. The summed E-state index contributed by atoms with van der Waals surface area (Å²) in [5.41, 5.74) is 1.27. The van der Waals surface area contributed by atoms with E-state index in [2.05, 4.69) is 57.2 Å². The SMILES string of the molecule is COc1cccc(C(C)NC(CN(C)C)C(C)C)c1. The third-order valence-corrected chi connectivity index (χ3v) is 3.42. The summed E-state index contributed by atoms with van der Waals surface area (Å²) in [4.78, 5) is 2.23. The molecule has 0 aliphatic rings. The first-order valence-corrected chi connectivity index (χ1v) is 6.98. The average molecular weight is 264 g/mol.